The van der Waals surface area contributed by atoms with Crippen LogP contribution in [0.15, 0.2) is 49.1 Å². The first-order chi connectivity index (χ1) is 13.9. The van der Waals surface area contributed by atoms with Crippen LogP contribution in [-0.2, 0) is 16.0 Å². The van der Waals surface area contributed by atoms with E-state index in [0.717, 1.165) is 11.1 Å². The molecule has 7 heteroatoms. The van der Waals surface area contributed by atoms with Gasteiger partial charge in [0, 0.05) is 16.8 Å². The molecule has 29 heavy (non-hydrogen) atoms. The van der Waals surface area contributed by atoms with Crippen molar-refractivity contribution in [2.75, 3.05) is 25.6 Å². The summed E-state index contributed by atoms with van der Waals surface area (Å²) in [5.41, 5.74) is 9.17. The van der Waals surface area contributed by atoms with Crippen LogP contribution in [0.2, 0.25) is 0 Å². The molecule has 2 aromatic carbocycles. The number of allylic oxidation sites excluding steroid dienone is 1. The van der Waals surface area contributed by atoms with Gasteiger partial charge in [-0.25, -0.2) is 4.79 Å². The van der Waals surface area contributed by atoms with Gasteiger partial charge in [-0.15, -0.1) is 6.58 Å². The number of nitrogens with one attached hydrogen (secondary N) is 2. The standard InChI is InChI=1S/C22H27N3O4/c1-4-5-16-12-14(2)13-18(20(16)29-11-10-26)19(22(27)28-3)25-17-8-6-15(7-9-17)21(23)24/h4,6-9,12-13,19,25-26H,1,5,10-11H2,2-3H3,(H3,23,24). The Morgan fingerprint density at radius 1 is 1.34 bits per heavy atom. The molecule has 0 fully saturated rings. The van der Waals surface area contributed by atoms with Crippen molar-refractivity contribution < 1.29 is 19.4 Å². The van der Waals surface area contributed by atoms with E-state index in [9.17, 15) is 9.90 Å². The van der Waals surface area contributed by atoms with Gasteiger partial charge < -0.3 is 25.6 Å². The topological polar surface area (TPSA) is 118 Å². The van der Waals surface area contributed by atoms with Gasteiger partial charge >= 0.3 is 5.97 Å². The molecule has 154 valence electrons. The van der Waals surface area contributed by atoms with Crippen LogP contribution in [0, 0.1) is 12.3 Å². The largest absolute Gasteiger partial charge is 0.491 e. The minimum Gasteiger partial charge on any atom is -0.491 e. The Kier molecular flexibility index (Phi) is 7.79. The van der Waals surface area contributed by atoms with E-state index >= 15 is 0 Å². The number of esters is 1. The maximum atomic E-state index is 12.6. The van der Waals surface area contributed by atoms with Crippen molar-refractivity contribution in [3.63, 3.8) is 0 Å². The summed E-state index contributed by atoms with van der Waals surface area (Å²) < 4.78 is 10.8. The SMILES string of the molecule is C=CCc1cc(C)cc(C(Nc2ccc(C(=N)N)cc2)C(=O)OC)c1OCCO. The molecule has 2 aromatic rings. The lowest BCUT2D eigenvalue weighted by Gasteiger charge is -2.23. The van der Waals surface area contributed by atoms with Gasteiger partial charge in [0.15, 0.2) is 6.04 Å². The molecule has 0 amide bonds. The Hall–Kier alpha value is -3.32. The van der Waals surface area contributed by atoms with Gasteiger partial charge in [0.1, 0.15) is 18.2 Å². The number of nitrogens with two attached hydrogens (primary N) is 1. The predicted octanol–water partition coefficient (Wildman–Crippen LogP) is 2.70. The van der Waals surface area contributed by atoms with Crippen molar-refractivity contribution in [1.82, 2.24) is 0 Å². The third-order valence-corrected chi connectivity index (χ3v) is 4.30. The fraction of sp³-hybridized carbons (Fsp3) is 0.273. The Labute approximate surface area is 170 Å². The molecule has 0 aliphatic heterocycles. The van der Waals surface area contributed by atoms with E-state index in [1.54, 1.807) is 30.3 Å². The average Bonchev–Trinajstić information content (AvgIpc) is 2.71. The number of carbonyl (C=O) groups excluding carboxylic acids is 1. The van der Waals surface area contributed by atoms with Gasteiger partial charge in [0.25, 0.3) is 0 Å². The summed E-state index contributed by atoms with van der Waals surface area (Å²) >= 11 is 0. The third kappa shape index (κ3) is 5.58. The highest BCUT2D eigenvalue weighted by Crippen LogP contribution is 2.34. The van der Waals surface area contributed by atoms with Crippen LogP contribution < -0.4 is 15.8 Å². The van der Waals surface area contributed by atoms with Crippen LogP contribution in [0.3, 0.4) is 0 Å². The lowest BCUT2D eigenvalue weighted by molar-refractivity contribution is -0.141. The van der Waals surface area contributed by atoms with E-state index in [-0.39, 0.29) is 19.0 Å². The smallest absolute Gasteiger partial charge is 0.333 e. The molecule has 0 radical (unpaired) electrons. The zero-order chi connectivity index (χ0) is 21.4. The van der Waals surface area contributed by atoms with Crippen LogP contribution in [0.1, 0.15) is 28.3 Å². The van der Waals surface area contributed by atoms with Gasteiger partial charge in [-0.1, -0.05) is 17.7 Å². The van der Waals surface area contributed by atoms with E-state index in [2.05, 4.69) is 11.9 Å². The van der Waals surface area contributed by atoms with Gasteiger partial charge in [-0.3, -0.25) is 5.41 Å². The summed E-state index contributed by atoms with van der Waals surface area (Å²) in [4.78, 5) is 12.6. The van der Waals surface area contributed by atoms with E-state index in [0.29, 0.717) is 29.0 Å². The predicted molar refractivity (Wildman–Crippen MR) is 113 cm³/mol. The van der Waals surface area contributed by atoms with Crippen molar-refractivity contribution in [3.8, 4) is 5.75 Å². The zero-order valence-corrected chi connectivity index (χ0v) is 16.7. The third-order valence-electron chi connectivity index (χ3n) is 4.30. The molecule has 0 saturated heterocycles. The van der Waals surface area contributed by atoms with Crippen LogP contribution >= 0.6 is 0 Å². The second-order valence-electron chi connectivity index (χ2n) is 6.50. The Morgan fingerprint density at radius 3 is 2.59 bits per heavy atom. The summed E-state index contributed by atoms with van der Waals surface area (Å²) in [5.74, 6) is 0.00552. The fourth-order valence-corrected chi connectivity index (χ4v) is 3.02. The minimum absolute atomic E-state index is 0.0338. The van der Waals surface area contributed by atoms with Gasteiger partial charge in [-0.05, 0) is 49.2 Å². The number of aliphatic hydroxyl groups excluding tert-OH is 1. The molecular formula is C22H27N3O4. The number of carbonyl (C=O) groups is 1. The Balaban J connectivity index is 2.51. The normalized spacial score (nSPS) is 11.4. The molecule has 1 unspecified atom stereocenters. The van der Waals surface area contributed by atoms with E-state index in [1.807, 2.05) is 19.1 Å². The molecule has 1 atom stereocenters. The number of hydrogen-bond donors (Lipinski definition) is 4. The van der Waals surface area contributed by atoms with Crippen LogP contribution in [-0.4, -0.2) is 37.2 Å². The van der Waals surface area contributed by atoms with Crippen molar-refractivity contribution in [2.45, 2.75) is 19.4 Å². The van der Waals surface area contributed by atoms with Gasteiger partial charge in [-0.2, -0.15) is 0 Å². The van der Waals surface area contributed by atoms with E-state index in [1.165, 1.54) is 7.11 Å². The van der Waals surface area contributed by atoms with Gasteiger partial charge in [0.2, 0.25) is 0 Å². The first-order valence-electron chi connectivity index (χ1n) is 9.18. The maximum absolute atomic E-state index is 12.6. The Morgan fingerprint density at radius 2 is 2.03 bits per heavy atom. The number of rotatable bonds is 10. The molecule has 0 aromatic heterocycles. The highest BCUT2D eigenvalue weighted by atomic mass is 16.5. The molecule has 0 aliphatic rings. The lowest BCUT2D eigenvalue weighted by Crippen LogP contribution is -2.24. The van der Waals surface area contributed by atoms with Crippen molar-refractivity contribution in [1.29, 1.82) is 5.41 Å². The molecule has 0 bridgehead atoms. The van der Waals surface area contributed by atoms with Crippen LogP contribution in [0.25, 0.3) is 0 Å². The summed E-state index contributed by atoms with van der Waals surface area (Å²) in [6.45, 7) is 5.67. The second kappa shape index (κ2) is 10.3. The fourth-order valence-electron chi connectivity index (χ4n) is 3.02. The molecular weight excluding hydrogens is 370 g/mol. The molecule has 2 rings (SSSR count). The first-order valence-corrected chi connectivity index (χ1v) is 9.18. The lowest BCUT2D eigenvalue weighted by atomic mass is 9.97. The highest BCUT2D eigenvalue weighted by molar-refractivity contribution is 5.95. The highest BCUT2D eigenvalue weighted by Gasteiger charge is 2.27. The zero-order valence-electron chi connectivity index (χ0n) is 16.7. The van der Waals surface area contributed by atoms with Crippen LogP contribution in [0.4, 0.5) is 5.69 Å². The van der Waals surface area contributed by atoms with Crippen molar-refractivity contribution in [2.24, 2.45) is 5.73 Å². The number of ether oxygens (including phenoxy) is 2. The summed E-state index contributed by atoms with van der Waals surface area (Å²) in [7, 11) is 1.32. The molecule has 5 N–H and O–H groups in total. The van der Waals surface area contributed by atoms with E-state index < -0.39 is 12.0 Å². The molecule has 0 aliphatic carbocycles. The number of aliphatic hydroxyl groups is 1. The Bertz CT molecular complexity index is 878. The van der Waals surface area contributed by atoms with Gasteiger partial charge in [0.05, 0.1) is 13.7 Å². The summed E-state index contributed by atoms with van der Waals surface area (Å²) in [6, 6.07) is 9.86. The molecule has 0 spiro atoms. The maximum Gasteiger partial charge on any atom is 0.333 e. The molecule has 0 heterocycles. The average molecular weight is 397 g/mol. The number of hydrogen-bond acceptors (Lipinski definition) is 6. The second-order valence-corrected chi connectivity index (χ2v) is 6.50. The van der Waals surface area contributed by atoms with E-state index in [4.69, 9.17) is 20.6 Å². The number of benzene rings is 2. The van der Waals surface area contributed by atoms with Crippen LogP contribution in [0.5, 0.6) is 5.75 Å². The molecule has 0 saturated carbocycles. The number of methoxy groups -OCH3 is 1. The summed E-state index contributed by atoms with van der Waals surface area (Å²) in [5, 5.41) is 19.9. The monoisotopic (exact) mass is 397 g/mol. The number of aryl methyl sites for hydroxylation is 1. The van der Waals surface area contributed by atoms with Crippen molar-refractivity contribution in [3.05, 3.63) is 71.3 Å². The minimum atomic E-state index is -0.833. The number of anilines is 1. The quantitative estimate of drug-likeness (QED) is 0.212. The summed E-state index contributed by atoms with van der Waals surface area (Å²) in [6.07, 6.45) is 2.31. The number of amidine groups is 1. The number of nitrogen functional groups attached to an aromatic ring is 1. The molecule has 7 nitrogen and oxygen atoms in total. The first kappa shape index (κ1) is 22.0. The van der Waals surface area contributed by atoms with Crippen molar-refractivity contribution >= 4 is 17.5 Å².